The van der Waals surface area contributed by atoms with Crippen LogP contribution in [0.1, 0.15) is 36.5 Å². The lowest BCUT2D eigenvalue weighted by Crippen LogP contribution is -2.08. The topological polar surface area (TPSA) is 55.8 Å². The van der Waals surface area contributed by atoms with Gasteiger partial charge in [-0.05, 0) is 73.1 Å². The third-order valence-corrected chi connectivity index (χ3v) is 4.98. The number of aliphatic carboxylic acids is 1. The van der Waals surface area contributed by atoms with E-state index in [4.69, 9.17) is 21.1 Å². The molecule has 1 saturated carbocycles. The lowest BCUT2D eigenvalue weighted by Gasteiger charge is -2.14. The molecule has 1 aliphatic carbocycles. The highest BCUT2D eigenvalue weighted by molar-refractivity contribution is 6.30. The van der Waals surface area contributed by atoms with Crippen molar-refractivity contribution in [1.29, 1.82) is 0 Å². The van der Waals surface area contributed by atoms with Gasteiger partial charge in [-0.1, -0.05) is 29.8 Å². The van der Waals surface area contributed by atoms with Crippen molar-refractivity contribution >= 4 is 23.1 Å². The van der Waals surface area contributed by atoms with Crippen LogP contribution >= 0.6 is 11.6 Å². The van der Waals surface area contributed by atoms with Crippen LogP contribution in [0.25, 0.3) is 5.57 Å². The van der Waals surface area contributed by atoms with E-state index in [1.807, 2.05) is 12.1 Å². The van der Waals surface area contributed by atoms with E-state index >= 15 is 0 Å². The zero-order valence-corrected chi connectivity index (χ0v) is 16.3. The van der Waals surface area contributed by atoms with Crippen molar-refractivity contribution in [3.63, 3.8) is 0 Å². The quantitative estimate of drug-likeness (QED) is 0.492. The summed E-state index contributed by atoms with van der Waals surface area (Å²) in [6.45, 7) is 1.84. The molecule has 3 rings (SSSR count). The normalized spacial score (nSPS) is 14.5. The van der Waals surface area contributed by atoms with Crippen LogP contribution in [0, 0.1) is 5.92 Å². The van der Waals surface area contributed by atoms with Crippen molar-refractivity contribution in [3.8, 4) is 5.75 Å². The van der Waals surface area contributed by atoms with E-state index < -0.39 is 5.97 Å². The van der Waals surface area contributed by atoms with Crippen LogP contribution in [0.3, 0.4) is 0 Å². The van der Waals surface area contributed by atoms with E-state index in [0.29, 0.717) is 21.9 Å². The molecule has 142 valence electrons. The molecule has 0 atom stereocenters. The number of carbonyl (C=O) groups is 1. The monoisotopic (exact) mass is 386 g/mol. The number of carboxylic acids is 1. The van der Waals surface area contributed by atoms with Gasteiger partial charge in [-0.2, -0.15) is 0 Å². The molecule has 0 bridgehead atoms. The van der Waals surface area contributed by atoms with Crippen molar-refractivity contribution in [1.82, 2.24) is 0 Å². The number of carboxylic acid groups (broad SMARTS) is 1. The van der Waals surface area contributed by atoms with Gasteiger partial charge in [0.1, 0.15) is 23.7 Å². The lowest BCUT2D eigenvalue weighted by atomic mass is 9.99. The van der Waals surface area contributed by atoms with Crippen molar-refractivity contribution < 1.29 is 19.4 Å². The molecule has 2 aromatic rings. The maximum atomic E-state index is 11.7. The minimum absolute atomic E-state index is 0.104. The first-order chi connectivity index (χ1) is 13.0. The third-order valence-electron chi connectivity index (χ3n) is 4.75. The van der Waals surface area contributed by atoms with Gasteiger partial charge in [-0.15, -0.1) is 0 Å². The van der Waals surface area contributed by atoms with Gasteiger partial charge in [0.2, 0.25) is 0 Å². The molecule has 1 fully saturated rings. The molecule has 5 heteroatoms. The Bertz CT molecular complexity index is 851. The van der Waals surface area contributed by atoms with Crippen molar-refractivity contribution in [2.45, 2.75) is 32.8 Å². The zero-order valence-electron chi connectivity index (χ0n) is 15.5. The smallest absolute Gasteiger partial charge is 0.339 e. The number of ether oxygens (including phenoxy) is 2. The van der Waals surface area contributed by atoms with E-state index in [1.54, 1.807) is 25.1 Å². The molecular weight excluding hydrogens is 364 g/mol. The van der Waals surface area contributed by atoms with Crippen LogP contribution in [0.4, 0.5) is 0 Å². The first kappa shape index (κ1) is 19.3. The minimum atomic E-state index is -1.05. The molecule has 1 N–H and O–H groups in total. The Morgan fingerprint density at radius 3 is 2.48 bits per heavy atom. The van der Waals surface area contributed by atoms with Crippen LogP contribution in [-0.2, 0) is 22.6 Å². The lowest BCUT2D eigenvalue weighted by molar-refractivity contribution is -0.130. The molecule has 0 radical (unpaired) electrons. The average molecular weight is 387 g/mol. The largest absolute Gasteiger partial charge is 0.500 e. The number of rotatable bonds is 8. The van der Waals surface area contributed by atoms with E-state index in [0.717, 1.165) is 18.1 Å². The number of benzene rings is 2. The second kappa shape index (κ2) is 8.49. The maximum absolute atomic E-state index is 11.7. The predicted octanol–water partition coefficient (Wildman–Crippen LogP) is 5.33. The Labute approximate surface area is 164 Å². The van der Waals surface area contributed by atoms with E-state index in [9.17, 15) is 9.90 Å². The minimum Gasteiger partial charge on any atom is -0.500 e. The number of halogens is 1. The third kappa shape index (κ3) is 5.04. The molecular formula is C22H23ClO4. The van der Waals surface area contributed by atoms with Gasteiger partial charge in [0.25, 0.3) is 0 Å². The highest BCUT2D eigenvalue weighted by Crippen LogP contribution is 2.33. The van der Waals surface area contributed by atoms with Crippen LogP contribution in [0.2, 0.25) is 5.02 Å². The summed E-state index contributed by atoms with van der Waals surface area (Å²) < 4.78 is 11.0. The standard InChI is InChI=1S/C22H23ClO4/c1-14(26-2)21(22(24)25)20-10-7-18(23)12-17(20)13-27-19-8-5-16(6-9-19)11-15-3-4-15/h5-10,12,15H,3-4,11,13H2,1-2H3,(H,24,25). The van der Waals surface area contributed by atoms with Crippen LogP contribution in [0.15, 0.2) is 48.2 Å². The maximum Gasteiger partial charge on any atom is 0.339 e. The van der Waals surface area contributed by atoms with Crippen LogP contribution in [-0.4, -0.2) is 18.2 Å². The molecule has 0 aromatic heterocycles. The van der Waals surface area contributed by atoms with E-state index in [1.165, 1.54) is 25.5 Å². The highest BCUT2D eigenvalue weighted by Gasteiger charge is 2.21. The average Bonchev–Trinajstić information content (AvgIpc) is 3.46. The number of allylic oxidation sites excluding steroid dienone is 1. The summed E-state index contributed by atoms with van der Waals surface area (Å²) in [6.07, 6.45) is 3.79. The molecule has 0 aliphatic heterocycles. The Kier molecular flexibility index (Phi) is 6.07. The second-order valence-corrected chi connectivity index (χ2v) is 7.26. The molecule has 0 saturated heterocycles. The first-order valence-electron chi connectivity index (χ1n) is 8.96. The molecule has 1 aliphatic rings. The summed E-state index contributed by atoms with van der Waals surface area (Å²) in [7, 11) is 1.45. The van der Waals surface area contributed by atoms with Crippen molar-refractivity contribution in [2.24, 2.45) is 5.92 Å². The van der Waals surface area contributed by atoms with Crippen LogP contribution in [0.5, 0.6) is 5.75 Å². The van der Waals surface area contributed by atoms with Gasteiger partial charge in [0.15, 0.2) is 0 Å². The number of hydrogen-bond donors (Lipinski definition) is 1. The molecule has 2 aromatic carbocycles. The summed E-state index contributed by atoms with van der Waals surface area (Å²) in [4.78, 5) is 11.7. The molecule has 0 unspecified atom stereocenters. The molecule has 4 nitrogen and oxygen atoms in total. The summed E-state index contributed by atoms with van der Waals surface area (Å²) >= 11 is 6.12. The predicted molar refractivity (Wildman–Crippen MR) is 106 cm³/mol. The first-order valence-corrected chi connectivity index (χ1v) is 9.34. The fourth-order valence-electron chi connectivity index (χ4n) is 3.02. The second-order valence-electron chi connectivity index (χ2n) is 6.82. The fraction of sp³-hybridized carbons (Fsp3) is 0.318. The highest BCUT2D eigenvalue weighted by atomic mass is 35.5. The summed E-state index contributed by atoms with van der Waals surface area (Å²) in [6, 6.07) is 13.2. The summed E-state index contributed by atoms with van der Waals surface area (Å²) in [5, 5.41) is 10.1. The van der Waals surface area contributed by atoms with Crippen LogP contribution < -0.4 is 4.74 Å². The molecule has 0 amide bonds. The molecule has 0 spiro atoms. The number of methoxy groups -OCH3 is 1. The fourth-order valence-corrected chi connectivity index (χ4v) is 3.22. The Morgan fingerprint density at radius 1 is 1.19 bits per heavy atom. The van der Waals surface area contributed by atoms with Gasteiger partial charge >= 0.3 is 5.97 Å². The SMILES string of the molecule is COC(C)=C(C(=O)O)c1ccc(Cl)cc1COc1ccc(CC2CC2)cc1. The summed E-state index contributed by atoms with van der Waals surface area (Å²) in [5.41, 5.74) is 2.66. The van der Waals surface area contributed by atoms with Gasteiger partial charge in [0, 0.05) is 5.02 Å². The van der Waals surface area contributed by atoms with Gasteiger partial charge < -0.3 is 14.6 Å². The van der Waals surface area contributed by atoms with Gasteiger partial charge in [0.05, 0.1) is 7.11 Å². The van der Waals surface area contributed by atoms with Gasteiger partial charge in [-0.3, -0.25) is 0 Å². The molecule has 0 heterocycles. The number of hydrogen-bond acceptors (Lipinski definition) is 3. The Balaban J connectivity index is 1.79. The Hall–Kier alpha value is -2.46. The summed E-state index contributed by atoms with van der Waals surface area (Å²) in [5.74, 6) is 0.860. The van der Waals surface area contributed by atoms with E-state index in [2.05, 4.69) is 12.1 Å². The van der Waals surface area contributed by atoms with E-state index in [-0.39, 0.29) is 12.2 Å². The zero-order chi connectivity index (χ0) is 19.4. The molecule has 27 heavy (non-hydrogen) atoms. The Morgan fingerprint density at radius 2 is 1.89 bits per heavy atom. The van der Waals surface area contributed by atoms with Crippen molar-refractivity contribution in [2.75, 3.05) is 7.11 Å². The van der Waals surface area contributed by atoms with Crippen molar-refractivity contribution in [3.05, 3.63) is 69.9 Å². The van der Waals surface area contributed by atoms with Gasteiger partial charge in [-0.25, -0.2) is 4.79 Å².